The van der Waals surface area contributed by atoms with Crippen LogP contribution in [0.15, 0.2) is 24.3 Å². The summed E-state index contributed by atoms with van der Waals surface area (Å²) in [5.41, 5.74) is 0.218. The van der Waals surface area contributed by atoms with Gasteiger partial charge in [-0.05, 0) is 18.2 Å². The van der Waals surface area contributed by atoms with Gasteiger partial charge in [0.15, 0.2) is 12.1 Å². The molecule has 1 aromatic carbocycles. The van der Waals surface area contributed by atoms with Crippen molar-refractivity contribution in [3.8, 4) is 0 Å². The number of ether oxygens (including phenoxy) is 1. The Morgan fingerprint density at radius 2 is 2.24 bits per heavy atom. The van der Waals surface area contributed by atoms with Crippen LogP contribution in [-0.4, -0.2) is 36.2 Å². The first kappa shape index (κ1) is 11.5. The van der Waals surface area contributed by atoms with Gasteiger partial charge in [0.1, 0.15) is 5.82 Å². The lowest BCUT2D eigenvalue weighted by Crippen LogP contribution is -2.69. The minimum Gasteiger partial charge on any atom is -0.480 e. The number of anilines is 1. The van der Waals surface area contributed by atoms with Crippen molar-refractivity contribution in [3.63, 3.8) is 0 Å². The van der Waals surface area contributed by atoms with E-state index >= 15 is 0 Å². The first-order valence-electron chi connectivity index (χ1n) is 4.90. The summed E-state index contributed by atoms with van der Waals surface area (Å²) in [6, 6.07) is 4.12. The van der Waals surface area contributed by atoms with Gasteiger partial charge in [-0.25, -0.2) is 9.18 Å². The molecule has 17 heavy (non-hydrogen) atoms. The number of halogens is 1. The van der Waals surface area contributed by atoms with Crippen molar-refractivity contribution in [2.24, 2.45) is 0 Å². The molecule has 0 aliphatic carbocycles. The van der Waals surface area contributed by atoms with Crippen LogP contribution in [0.1, 0.15) is 0 Å². The molecule has 1 saturated heterocycles. The van der Waals surface area contributed by atoms with Crippen molar-refractivity contribution in [2.75, 3.05) is 12.0 Å². The van der Waals surface area contributed by atoms with Crippen LogP contribution in [0.2, 0.25) is 0 Å². The highest BCUT2D eigenvalue weighted by Crippen LogP contribution is 2.30. The fraction of sp³-hybridized carbons (Fsp3) is 0.273. The fourth-order valence-electron chi connectivity index (χ4n) is 1.85. The number of carbonyl (C=O) groups is 2. The maximum atomic E-state index is 13.0. The molecular formula is C11H10FNO4. The molecule has 0 bridgehead atoms. The fourth-order valence-corrected chi connectivity index (χ4v) is 1.85. The molecule has 2 atom stereocenters. The summed E-state index contributed by atoms with van der Waals surface area (Å²) in [6.45, 7) is 0. The molecular weight excluding hydrogens is 229 g/mol. The minimum absolute atomic E-state index is 0.218. The van der Waals surface area contributed by atoms with Crippen LogP contribution in [0, 0.1) is 5.82 Å². The molecule has 1 aliphatic heterocycles. The van der Waals surface area contributed by atoms with E-state index in [9.17, 15) is 14.0 Å². The summed E-state index contributed by atoms with van der Waals surface area (Å²) in [5, 5.41) is 8.99. The van der Waals surface area contributed by atoms with Gasteiger partial charge >= 0.3 is 5.97 Å². The topological polar surface area (TPSA) is 66.8 Å². The first-order valence-corrected chi connectivity index (χ1v) is 4.90. The lowest BCUT2D eigenvalue weighted by atomic mass is 9.96. The van der Waals surface area contributed by atoms with Crippen LogP contribution in [-0.2, 0) is 14.3 Å². The van der Waals surface area contributed by atoms with Crippen LogP contribution < -0.4 is 4.90 Å². The number of benzene rings is 1. The number of nitrogens with zero attached hydrogens (tertiary/aromatic N) is 1. The van der Waals surface area contributed by atoms with Gasteiger partial charge in [0.25, 0.3) is 5.91 Å². The van der Waals surface area contributed by atoms with E-state index in [-0.39, 0.29) is 5.69 Å². The normalized spacial score (nSPS) is 23.4. The molecule has 6 heteroatoms. The van der Waals surface area contributed by atoms with Gasteiger partial charge in [0.05, 0.1) is 0 Å². The molecule has 90 valence electrons. The Morgan fingerprint density at radius 3 is 2.76 bits per heavy atom. The zero-order valence-corrected chi connectivity index (χ0v) is 8.96. The van der Waals surface area contributed by atoms with E-state index in [1.54, 1.807) is 0 Å². The van der Waals surface area contributed by atoms with Crippen molar-refractivity contribution in [1.82, 2.24) is 0 Å². The van der Waals surface area contributed by atoms with E-state index in [0.717, 1.165) is 11.0 Å². The Kier molecular flexibility index (Phi) is 2.81. The van der Waals surface area contributed by atoms with Crippen molar-refractivity contribution >= 4 is 17.6 Å². The predicted molar refractivity (Wildman–Crippen MR) is 56.1 cm³/mol. The standard InChI is InChI=1S/C11H10FNO4/c1-17-9-8(11(15)16)13(10(9)14)7-4-2-3-6(12)5-7/h2-5,8-9H,1H3,(H,15,16)/t8-,9-/m1/s1. The molecule has 1 amide bonds. The third-order valence-electron chi connectivity index (χ3n) is 2.64. The number of carboxylic acid groups (broad SMARTS) is 1. The highest BCUT2D eigenvalue weighted by molar-refractivity contribution is 6.12. The van der Waals surface area contributed by atoms with E-state index in [0.29, 0.717) is 0 Å². The average Bonchev–Trinajstić information content (AvgIpc) is 2.26. The van der Waals surface area contributed by atoms with Crippen LogP contribution in [0.5, 0.6) is 0 Å². The highest BCUT2D eigenvalue weighted by Gasteiger charge is 2.53. The quantitative estimate of drug-likeness (QED) is 0.786. The van der Waals surface area contributed by atoms with E-state index < -0.39 is 29.8 Å². The molecule has 1 N–H and O–H groups in total. The third-order valence-corrected chi connectivity index (χ3v) is 2.64. The molecule has 2 rings (SSSR count). The lowest BCUT2D eigenvalue weighted by Gasteiger charge is -2.43. The second-order valence-electron chi connectivity index (χ2n) is 3.63. The number of hydrogen-bond acceptors (Lipinski definition) is 3. The maximum absolute atomic E-state index is 13.0. The largest absolute Gasteiger partial charge is 0.480 e. The lowest BCUT2D eigenvalue weighted by molar-refractivity contribution is -0.155. The molecule has 0 radical (unpaired) electrons. The Bertz CT molecular complexity index is 476. The summed E-state index contributed by atoms with van der Waals surface area (Å²) in [4.78, 5) is 23.6. The van der Waals surface area contributed by atoms with Gasteiger partial charge in [-0.2, -0.15) is 0 Å². The molecule has 1 fully saturated rings. The van der Waals surface area contributed by atoms with Gasteiger partial charge in [0.2, 0.25) is 0 Å². The van der Waals surface area contributed by atoms with E-state index in [1.807, 2.05) is 0 Å². The number of rotatable bonds is 3. The van der Waals surface area contributed by atoms with Gasteiger partial charge in [-0.1, -0.05) is 6.07 Å². The van der Waals surface area contributed by atoms with Crippen molar-refractivity contribution < 1.29 is 23.8 Å². The van der Waals surface area contributed by atoms with Gasteiger partial charge in [-0.15, -0.1) is 0 Å². The summed E-state index contributed by atoms with van der Waals surface area (Å²) in [7, 11) is 1.27. The Hall–Kier alpha value is -1.95. The molecule has 0 spiro atoms. The minimum atomic E-state index is -1.18. The average molecular weight is 239 g/mol. The van der Waals surface area contributed by atoms with E-state index in [4.69, 9.17) is 9.84 Å². The van der Waals surface area contributed by atoms with E-state index in [1.165, 1.54) is 25.3 Å². The van der Waals surface area contributed by atoms with E-state index in [2.05, 4.69) is 0 Å². The second kappa shape index (κ2) is 4.14. The SMILES string of the molecule is CO[C@H]1C(=O)N(c2cccc(F)c2)[C@H]1C(=O)O. The van der Waals surface area contributed by atoms with Crippen LogP contribution in [0.3, 0.4) is 0 Å². The van der Waals surface area contributed by atoms with Crippen LogP contribution in [0.4, 0.5) is 10.1 Å². The number of carbonyl (C=O) groups excluding carboxylic acids is 1. The third kappa shape index (κ3) is 1.76. The molecule has 0 unspecified atom stereocenters. The molecule has 5 nitrogen and oxygen atoms in total. The molecule has 0 aromatic heterocycles. The Balaban J connectivity index is 2.32. The summed E-state index contributed by atoms with van der Waals surface area (Å²) in [5.74, 6) is -2.19. The maximum Gasteiger partial charge on any atom is 0.330 e. The van der Waals surface area contributed by atoms with Gasteiger partial charge in [-0.3, -0.25) is 9.69 Å². The molecule has 0 saturated carbocycles. The Morgan fingerprint density at radius 1 is 1.53 bits per heavy atom. The Labute approximate surface area is 96.4 Å². The number of amides is 1. The molecule has 1 aliphatic rings. The van der Waals surface area contributed by atoms with Crippen LogP contribution in [0.25, 0.3) is 0 Å². The van der Waals surface area contributed by atoms with Crippen LogP contribution >= 0.6 is 0 Å². The smallest absolute Gasteiger partial charge is 0.330 e. The summed E-state index contributed by atoms with van der Waals surface area (Å²) >= 11 is 0. The number of hydrogen-bond donors (Lipinski definition) is 1. The highest BCUT2D eigenvalue weighted by atomic mass is 19.1. The summed E-state index contributed by atoms with van der Waals surface area (Å²) in [6.07, 6.45) is -1.00. The number of methoxy groups -OCH3 is 1. The van der Waals surface area contributed by atoms with Crippen molar-refractivity contribution in [3.05, 3.63) is 30.1 Å². The number of aliphatic carboxylic acids is 1. The van der Waals surface area contributed by atoms with Crippen molar-refractivity contribution in [2.45, 2.75) is 12.1 Å². The number of carboxylic acids is 1. The zero-order chi connectivity index (χ0) is 12.6. The van der Waals surface area contributed by atoms with Crippen molar-refractivity contribution in [1.29, 1.82) is 0 Å². The molecule has 1 heterocycles. The van der Waals surface area contributed by atoms with Gasteiger partial charge < -0.3 is 9.84 Å². The zero-order valence-electron chi connectivity index (χ0n) is 8.96. The molecule has 1 aromatic rings. The second-order valence-corrected chi connectivity index (χ2v) is 3.63. The van der Waals surface area contributed by atoms with Gasteiger partial charge in [0, 0.05) is 12.8 Å². The summed E-state index contributed by atoms with van der Waals surface area (Å²) < 4.78 is 17.8. The number of β-lactam (4-membered cyclic amide) rings is 1. The first-order chi connectivity index (χ1) is 8.06. The monoisotopic (exact) mass is 239 g/mol. The predicted octanol–water partition coefficient (Wildman–Crippen LogP) is 0.641.